The molecule has 1 atom stereocenters. The van der Waals surface area contributed by atoms with E-state index in [9.17, 15) is 0 Å². The number of methoxy groups -OCH3 is 1. The van der Waals surface area contributed by atoms with Gasteiger partial charge < -0.3 is 4.74 Å². The van der Waals surface area contributed by atoms with Crippen molar-refractivity contribution in [2.45, 2.75) is 12.8 Å². The normalized spacial score (nSPS) is 12.0. The molecular weight excluding hydrogens is 304 g/mol. The lowest BCUT2D eigenvalue weighted by Gasteiger charge is -2.20. The monoisotopic (exact) mass is 322 g/mol. The number of benzene rings is 3. The molecule has 3 rings (SSSR count). The van der Waals surface area contributed by atoms with E-state index in [1.54, 1.807) is 7.11 Å². The fraction of sp³-hybridized carbons (Fsp3) is 0.143. The molecule has 0 N–H and O–H groups in total. The molecule has 2 heteroatoms. The molecule has 3 aromatic rings. The zero-order valence-corrected chi connectivity index (χ0v) is 14.0. The Balaban J connectivity index is 2.14. The van der Waals surface area contributed by atoms with Crippen molar-refractivity contribution in [3.05, 3.63) is 100 Å². The van der Waals surface area contributed by atoms with E-state index in [2.05, 4.69) is 55.5 Å². The Morgan fingerprint density at radius 1 is 0.783 bits per heavy atom. The second-order valence-corrected chi connectivity index (χ2v) is 6.11. The summed E-state index contributed by atoms with van der Waals surface area (Å²) in [5.74, 6) is 1.02. The Labute approximate surface area is 142 Å². The number of aryl methyl sites for hydroxylation is 1. The standard InChI is InChI=1S/C21H19ClO/c1-15-5-3-6-17(13-15)21(16-9-11-19(22)12-10-16)18-7-4-8-20(14-18)23-2/h3-14,21H,1-2H3/t21-/m0/s1. The summed E-state index contributed by atoms with van der Waals surface area (Å²) in [7, 11) is 1.70. The van der Waals surface area contributed by atoms with E-state index >= 15 is 0 Å². The quantitative estimate of drug-likeness (QED) is 0.548. The molecule has 0 fully saturated rings. The van der Waals surface area contributed by atoms with Crippen LogP contribution in [0.1, 0.15) is 28.2 Å². The largest absolute Gasteiger partial charge is 0.497 e. The van der Waals surface area contributed by atoms with E-state index in [0.29, 0.717) is 0 Å². The van der Waals surface area contributed by atoms with Gasteiger partial charge in [0.25, 0.3) is 0 Å². The van der Waals surface area contributed by atoms with Gasteiger partial charge >= 0.3 is 0 Å². The van der Waals surface area contributed by atoms with Crippen LogP contribution in [0, 0.1) is 6.92 Å². The highest BCUT2D eigenvalue weighted by molar-refractivity contribution is 6.30. The first kappa shape index (κ1) is 15.6. The van der Waals surface area contributed by atoms with Crippen molar-refractivity contribution < 1.29 is 4.74 Å². The average Bonchev–Trinajstić information content (AvgIpc) is 2.57. The van der Waals surface area contributed by atoms with Crippen LogP contribution in [0.3, 0.4) is 0 Å². The zero-order valence-electron chi connectivity index (χ0n) is 13.3. The van der Waals surface area contributed by atoms with Gasteiger partial charge in [0.2, 0.25) is 0 Å². The third-order valence-electron chi connectivity index (χ3n) is 4.01. The molecule has 0 bridgehead atoms. The van der Waals surface area contributed by atoms with E-state index in [1.807, 2.05) is 24.3 Å². The Morgan fingerprint density at radius 3 is 2.09 bits per heavy atom. The predicted octanol–water partition coefficient (Wildman–Crippen LogP) is 5.84. The maximum Gasteiger partial charge on any atom is 0.119 e. The summed E-state index contributed by atoms with van der Waals surface area (Å²) in [4.78, 5) is 0. The number of ether oxygens (including phenoxy) is 1. The topological polar surface area (TPSA) is 9.23 Å². The van der Waals surface area contributed by atoms with Gasteiger partial charge in [-0.25, -0.2) is 0 Å². The van der Waals surface area contributed by atoms with Crippen molar-refractivity contribution in [2.75, 3.05) is 7.11 Å². The van der Waals surface area contributed by atoms with Crippen LogP contribution < -0.4 is 4.74 Å². The van der Waals surface area contributed by atoms with Crippen LogP contribution in [0.15, 0.2) is 72.8 Å². The van der Waals surface area contributed by atoms with Crippen LogP contribution >= 0.6 is 11.6 Å². The molecular formula is C21H19ClO. The van der Waals surface area contributed by atoms with Crippen molar-refractivity contribution in [3.63, 3.8) is 0 Å². The first-order chi connectivity index (χ1) is 11.2. The summed E-state index contributed by atoms with van der Waals surface area (Å²) in [5, 5.41) is 0.752. The van der Waals surface area contributed by atoms with Crippen molar-refractivity contribution in [3.8, 4) is 5.75 Å². The lowest BCUT2D eigenvalue weighted by Crippen LogP contribution is -2.04. The Kier molecular flexibility index (Phi) is 4.68. The third kappa shape index (κ3) is 3.57. The summed E-state index contributed by atoms with van der Waals surface area (Å²) in [5.41, 5.74) is 4.94. The van der Waals surface area contributed by atoms with E-state index < -0.39 is 0 Å². The van der Waals surface area contributed by atoms with Gasteiger partial charge in [0.15, 0.2) is 0 Å². The second-order valence-electron chi connectivity index (χ2n) is 5.68. The average molecular weight is 323 g/mol. The molecule has 23 heavy (non-hydrogen) atoms. The lowest BCUT2D eigenvalue weighted by atomic mass is 9.84. The van der Waals surface area contributed by atoms with Crippen LogP contribution in [-0.2, 0) is 0 Å². The van der Waals surface area contributed by atoms with Gasteiger partial charge in [0, 0.05) is 10.9 Å². The van der Waals surface area contributed by atoms with Gasteiger partial charge in [-0.05, 0) is 47.9 Å². The molecule has 0 saturated heterocycles. The summed E-state index contributed by atoms with van der Waals surface area (Å²) in [6.07, 6.45) is 0. The van der Waals surface area contributed by atoms with E-state index in [1.165, 1.54) is 22.3 Å². The van der Waals surface area contributed by atoms with Crippen LogP contribution in [0.25, 0.3) is 0 Å². The molecule has 0 spiro atoms. The second kappa shape index (κ2) is 6.89. The molecule has 0 unspecified atom stereocenters. The summed E-state index contributed by atoms with van der Waals surface area (Å²) >= 11 is 6.06. The van der Waals surface area contributed by atoms with E-state index in [0.717, 1.165) is 10.8 Å². The van der Waals surface area contributed by atoms with Crippen molar-refractivity contribution in [1.82, 2.24) is 0 Å². The van der Waals surface area contributed by atoms with Crippen LogP contribution in [0.4, 0.5) is 0 Å². The maximum absolute atomic E-state index is 6.06. The molecule has 1 nitrogen and oxygen atoms in total. The number of rotatable bonds is 4. The number of hydrogen-bond acceptors (Lipinski definition) is 1. The van der Waals surface area contributed by atoms with Crippen molar-refractivity contribution >= 4 is 11.6 Å². The minimum Gasteiger partial charge on any atom is -0.497 e. The Hall–Kier alpha value is -2.25. The smallest absolute Gasteiger partial charge is 0.119 e. The van der Waals surface area contributed by atoms with Gasteiger partial charge in [0.05, 0.1) is 7.11 Å². The summed E-state index contributed by atoms with van der Waals surface area (Å²) < 4.78 is 5.40. The molecule has 116 valence electrons. The molecule has 0 aliphatic carbocycles. The highest BCUT2D eigenvalue weighted by Gasteiger charge is 2.17. The fourth-order valence-electron chi connectivity index (χ4n) is 2.90. The van der Waals surface area contributed by atoms with Crippen LogP contribution in [0.5, 0.6) is 5.75 Å². The molecule has 0 heterocycles. The van der Waals surface area contributed by atoms with Gasteiger partial charge in [-0.1, -0.05) is 65.7 Å². The third-order valence-corrected chi connectivity index (χ3v) is 4.26. The molecule has 0 amide bonds. The first-order valence-electron chi connectivity index (χ1n) is 7.63. The van der Waals surface area contributed by atoms with Crippen molar-refractivity contribution in [1.29, 1.82) is 0 Å². The molecule has 3 aromatic carbocycles. The molecule has 0 radical (unpaired) electrons. The Morgan fingerprint density at radius 2 is 1.43 bits per heavy atom. The number of halogens is 1. The fourth-order valence-corrected chi connectivity index (χ4v) is 3.03. The van der Waals surface area contributed by atoms with Gasteiger partial charge in [-0.2, -0.15) is 0 Å². The summed E-state index contributed by atoms with van der Waals surface area (Å²) in [6.45, 7) is 2.12. The number of hydrogen-bond donors (Lipinski definition) is 0. The highest BCUT2D eigenvalue weighted by Crippen LogP contribution is 2.34. The molecule has 0 saturated carbocycles. The van der Waals surface area contributed by atoms with E-state index in [4.69, 9.17) is 16.3 Å². The minimum atomic E-state index is 0.155. The van der Waals surface area contributed by atoms with Gasteiger partial charge in [0.1, 0.15) is 5.75 Å². The predicted molar refractivity (Wildman–Crippen MR) is 96.6 cm³/mol. The van der Waals surface area contributed by atoms with Crippen molar-refractivity contribution in [2.24, 2.45) is 0 Å². The van der Waals surface area contributed by atoms with E-state index in [-0.39, 0.29) is 5.92 Å². The first-order valence-corrected chi connectivity index (χ1v) is 8.01. The molecule has 0 aliphatic heterocycles. The minimum absolute atomic E-state index is 0.155. The van der Waals surface area contributed by atoms with Crippen LogP contribution in [-0.4, -0.2) is 7.11 Å². The SMILES string of the molecule is COc1cccc([C@@H](c2ccc(Cl)cc2)c2cccc(C)c2)c1. The highest BCUT2D eigenvalue weighted by atomic mass is 35.5. The van der Waals surface area contributed by atoms with Crippen LogP contribution in [0.2, 0.25) is 5.02 Å². The van der Waals surface area contributed by atoms with Gasteiger partial charge in [-0.3, -0.25) is 0 Å². The van der Waals surface area contributed by atoms with Gasteiger partial charge in [-0.15, -0.1) is 0 Å². The summed E-state index contributed by atoms with van der Waals surface area (Å²) in [6, 6.07) is 25.0. The molecule has 0 aliphatic rings. The Bertz CT molecular complexity index is 793. The maximum atomic E-state index is 6.06. The molecule has 0 aromatic heterocycles. The lowest BCUT2D eigenvalue weighted by molar-refractivity contribution is 0.414. The zero-order chi connectivity index (χ0) is 16.2.